The Morgan fingerprint density at radius 2 is 1.74 bits per heavy atom. The fourth-order valence-corrected chi connectivity index (χ4v) is 4.05. The zero-order chi connectivity index (χ0) is 21.6. The van der Waals surface area contributed by atoms with E-state index in [-0.39, 0.29) is 42.1 Å². The highest BCUT2D eigenvalue weighted by Gasteiger charge is 2.42. The van der Waals surface area contributed by atoms with E-state index >= 15 is 0 Å². The number of rotatable bonds is 5. The van der Waals surface area contributed by atoms with Gasteiger partial charge >= 0.3 is 0 Å². The lowest BCUT2D eigenvalue weighted by atomic mass is 10.0. The zero-order valence-corrected chi connectivity index (χ0v) is 16.8. The van der Waals surface area contributed by atoms with Gasteiger partial charge in [-0.1, -0.05) is 19.6 Å². The van der Waals surface area contributed by atoms with E-state index in [9.17, 15) is 22.4 Å². The van der Waals surface area contributed by atoms with Gasteiger partial charge in [-0.05, 0) is 29.8 Å². The molecule has 8 nitrogen and oxygen atoms in total. The monoisotopic (exact) mass is 445 g/mol. The second-order valence-corrected chi connectivity index (χ2v) is 8.50. The quantitative estimate of drug-likeness (QED) is 0.605. The highest BCUT2D eigenvalue weighted by atomic mass is 32.2. The molecular formula is C21H20FN3O5S. The maximum absolute atomic E-state index is 13.2. The molecule has 1 aliphatic rings. The Morgan fingerprint density at radius 3 is 2.35 bits per heavy atom. The molecule has 2 aromatic carbocycles. The van der Waals surface area contributed by atoms with Crippen LogP contribution >= 0.6 is 0 Å². The standard InChI is InChI=1S/C20H16FN3O5S.CH4/c1-29-18-15-14(16(23-30(2,27)28)13-4-3-9-22-17(13)18)19(25)24(20(15)26)10-11-5-7-12(21)8-6-11;/h3-9,23H,10H2,1-2H3;1H4. The van der Waals surface area contributed by atoms with E-state index in [1.54, 1.807) is 12.1 Å². The predicted octanol–water partition coefficient (Wildman–Crippen LogP) is 3.19. The number of fused-ring (bicyclic) bond motifs is 2. The van der Waals surface area contributed by atoms with Crippen LogP contribution in [0.25, 0.3) is 10.9 Å². The van der Waals surface area contributed by atoms with Crippen molar-refractivity contribution in [3.05, 3.63) is 65.1 Å². The van der Waals surface area contributed by atoms with Crippen LogP contribution in [0.3, 0.4) is 0 Å². The number of carbonyl (C=O) groups is 2. The van der Waals surface area contributed by atoms with Crippen LogP contribution < -0.4 is 9.46 Å². The van der Waals surface area contributed by atoms with Crippen LogP contribution in [0.2, 0.25) is 0 Å². The number of sulfonamides is 1. The van der Waals surface area contributed by atoms with Gasteiger partial charge in [0.05, 0.1) is 36.7 Å². The zero-order valence-electron chi connectivity index (χ0n) is 16.0. The molecule has 162 valence electrons. The number of benzene rings is 2. The molecule has 31 heavy (non-hydrogen) atoms. The van der Waals surface area contributed by atoms with Gasteiger partial charge in [-0.25, -0.2) is 12.8 Å². The largest absolute Gasteiger partial charge is 0.494 e. The van der Waals surface area contributed by atoms with Crippen molar-refractivity contribution in [1.82, 2.24) is 9.88 Å². The number of aromatic nitrogens is 1. The summed E-state index contributed by atoms with van der Waals surface area (Å²) < 4.78 is 44.9. The van der Waals surface area contributed by atoms with Gasteiger partial charge in [-0.15, -0.1) is 0 Å². The molecule has 1 aromatic heterocycles. The molecule has 0 radical (unpaired) electrons. The van der Waals surface area contributed by atoms with Crippen LogP contribution in [0.1, 0.15) is 33.7 Å². The van der Waals surface area contributed by atoms with Crippen molar-refractivity contribution in [1.29, 1.82) is 0 Å². The average Bonchev–Trinajstić information content (AvgIpc) is 2.94. The van der Waals surface area contributed by atoms with Crippen LogP contribution in [0.4, 0.5) is 10.1 Å². The molecule has 2 amide bonds. The number of imide groups is 1. The number of nitrogens with one attached hydrogen (secondary N) is 1. The van der Waals surface area contributed by atoms with Gasteiger partial charge < -0.3 is 4.74 Å². The predicted molar refractivity (Wildman–Crippen MR) is 114 cm³/mol. The molecule has 0 bridgehead atoms. The van der Waals surface area contributed by atoms with Crippen molar-refractivity contribution in [2.75, 3.05) is 18.1 Å². The van der Waals surface area contributed by atoms with Crippen molar-refractivity contribution in [3.63, 3.8) is 0 Å². The number of carbonyl (C=O) groups excluding carboxylic acids is 2. The third-order valence-corrected chi connectivity index (χ3v) is 5.26. The summed E-state index contributed by atoms with van der Waals surface area (Å²) in [7, 11) is -2.43. The summed E-state index contributed by atoms with van der Waals surface area (Å²) in [5.74, 6) is -1.70. The SMILES string of the molecule is C.COc1c2c(c(NS(C)(=O)=O)c3cccnc13)C(=O)N(Cc1ccc(F)cc1)C2=O. The molecule has 3 aromatic rings. The van der Waals surface area contributed by atoms with Crippen LogP contribution in [0, 0.1) is 5.82 Å². The van der Waals surface area contributed by atoms with Crippen molar-refractivity contribution >= 4 is 38.4 Å². The number of anilines is 1. The molecule has 1 aliphatic heterocycles. The second kappa shape index (κ2) is 7.95. The van der Waals surface area contributed by atoms with E-state index in [0.29, 0.717) is 10.9 Å². The Hall–Kier alpha value is -3.53. The summed E-state index contributed by atoms with van der Waals surface area (Å²) in [5.41, 5.74) is 0.572. The number of hydrogen-bond donors (Lipinski definition) is 1. The number of ether oxygens (including phenoxy) is 1. The van der Waals surface area contributed by atoms with Crippen molar-refractivity contribution < 1.29 is 27.1 Å². The van der Waals surface area contributed by atoms with Crippen molar-refractivity contribution in [2.24, 2.45) is 0 Å². The minimum absolute atomic E-state index is 0. The topological polar surface area (TPSA) is 106 Å². The first-order valence-electron chi connectivity index (χ1n) is 8.78. The summed E-state index contributed by atoms with van der Waals surface area (Å²) in [6, 6.07) is 8.54. The molecule has 0 atom stereocenters. The van der Waals surface area contributed by atoms with E-state index in [4.69, 9.17) is 4.74 Å². The van der Waals surface area contributed by atoms with E-state index in [0.717, 1.165) is 11.2 Å². The number of hydrogen-bond acceptors (Lipinski definition) is 6. The summed E-state index contributed by atoms with van der Waals surface area (Å²) in [6.07, 6.45) is 2.42. The Morgan fingerprint density at radius 1 is 1.10 bits per heavy atom. The van der Waals surface area contributed by atoms with Gasteiger partial charge in [0.2, 0.25) is 10.0 Å². The van der Waals surface area contributed by atoms with Crippen molar-refractivity contribution in [3.8, 4) is 5.75 Å². The Labute approximate surface area is 178 Å². The average molecular weight is 445 g/mol. The smallest absolute Gasteiger partial charge is 0.265 e. The lowest BCUT2D eigenvalue weighted by Gasteiger charge is -2.15. The highest BCUT2D eigenvalue weighted by Crippen LogP contribution is 2.43. The van der Waals surface area contributed by atoms with E-state index in [1.165, 1.54) is 37.6 Å². The van der Waals surface area contributed by atoms with Gasteiger partial charge in [-0.3, -0.25) is 24.2 Å². The number of amides is 2. The third kappa shape index (κ3) is 3.81. The Kier molecular flexibility index (Phi) is 5.68. The number of nitrogens with zero attached hydrogens (tertiary/aromatic N) is 2. The Bertz CT molecular complexity index is 1310. The number of pyridine rings is 1. The maximum atomic E-state index is 13.2. The first-order chi connectivity index (χ1) is 14.2. The summed E-state index contributed by atoms with van der Waals surface area (Å²) in [5, 5.41) is 0.323. The molecule has 0 fully saturated rings. The van der Waals surface area contributed by atoms with E-state index in [1.807, 2.05) is 0 Å². The Balaban J connectivity index is 0.00000272. The molecule has 0 saturated carbocycles. The second-order valence-electron chi connectivity index (χ2n) is 6.75. The minimum Gasteiger partial charge on any atom is -0.494 e. The molecule has 0 saturated heterocycles. The number of methoxy groups -OCH3 is 1. The van der Waals surface area contributed by atoms with Crippen molar-refractivity contribution in [2.45, 2.75) is 14.0 Å². The molecular weight excluding hydrogens is 425 g/mol. The van der Waals surface area contributed by atoms with Crippen LogP contribution in [-0.2, 0) is 16.6 Å². The first kappa shape index (κ1) is 22.2. The van der Waals surface area contributed by atoms with Gasteiger partial charge in [0.25, 0.3) is 11.8 Å². The van der Waals surface area contributed by atoms with E-state index < -0.39 is 27.7 Å². The van der Waals surface area contributed by atoms with Gasteiger partial charge in [-0.2, -0.15) is 0 Å². The lowest BCUT2D eigenvalue weighted by molar-refractivity contribution is 0.0642. The summed E-state index contributed by atoms with van der Waals surface area (Å²) in [6.45, 7) is -0.113. The van der Waals surface area contributed by atoms with Gasteiger partial charge in [0.15, 0.2) is 5.75 Å². The fraction of sp³-hybridized carbons (Fsp3) is 0.190. The molecule has 4 rings (SSSR count). The van der Waals surface area contributed by atoms with Gasteiger partial charge in [0, 0.05) is 11.6 Å². The van der Waals surface area contributed by atoms with Crippen LogP contribution in [0.5, 0.6) is 5.75 Å². The lowest BCUT2D eigenvalue weighted by Crippen LogP contribution is -2.29. The van der Waals surface area contributed by atoms with Crippen LogP contribution in [0.15, 0.2) is 42.6 Å². The number of halogens is 1. The summed E-state index contributed by atoms with van der Waals surface area (Å²) in [4.78, 5) is 31.6. The van der Waals surface area contributed by atoms with Gasteiger partial charge in [0.1, 0.15) is 11.3 Å². The fourth-order valence-electron chi connectivity index (χ4n) is 3.47. The molecule has 0 unspecified atom stereocenters. The highest BCUT2D eigenvalue weighted by molar-refractivity contribution is 7.92. The van der Waals surface area contributed by atoms with E-state index in [2.05, 4.69) is 9.71 Å². The minimum atomic E-state index is -3.77. The normalized spacial score (nSPS) is 13.2. The molecule has 10 heteroatoms. The maximum Gasteiger partial charge on any atom is 0.265 e. The molecule has 1 N–H and O–H groups in total. The molecule has 2 heterocycles. The summed E-state index contributed by atoms with van der Waals surface area (Å²) >= 11 is 0. The third-order valence-electron chi connectivity index (χ3n) is 4.68. The first-order valence-corrected chi connectivity index (χ1v) is 10.7. The van der Waals surface area contributed by atoms with Crippen LogP contribution in [-0.4, -0.2) is 43.5 Å². The molecule has 0 aliphatic carbocycles. The molecule has 0 spiro atoms.